The van der Waals surface area contributed by atoms with E-state index in [1.807, 2.05) is 0 Å². The third-order valence-corrected chi connectivity index (χ3v) is 4.51. The Kier molecular flexibility index (Phi) is 2.42. The predicted octanol–water partition coefficient (Wildman–Crippen LogP) is -0.168. The number of hydrogen-bond donors (Lipinski definition) is 0. The fourth-order valence-electron chi connectivity index (χ4n) is 2.23. The molecule has 8 heteroatoms. The number of nitrogens with zero attached hydrogens (tertiary/aromatic N) is 2. The summed E-state index contributed by atoms with van der Waals surface area (Å²) in [5, 5.41) is 0. The van der Waals surface area contributed by atoms with E-state index in [4.69, 9.17) is 4.18 Å². The number of rotatable bonds is 0. The van der Waals surface area contributed by atoms with Crippen molar-refractivity contribution in [1.29, 1.82) is 0 Å². The lowest BCUT2D eigenvalue weighted by Crippen LogP contribution is -2.40. The van der Waals surface area contributed by atoms with Crippen molar-refractivity contribution in [3.05, 3.63) is 45.1 Å². The van der Waals surface area contributed by atoms with Crippen LogP contribution < -0.4 is 15.4 Å². The second kappa shape index (κ2) is 3.83. The summed E-state index contributed by atoms with van der Waals surface area (Å²) in [6.07, 6.45) is 0. The number of aromatic nitrogens is 2. The molecule has 0 fully saturated rings. The van der Waals surface area contributed by atoms with Crippen molar-refractivity contribution in [2.45, 2.75) is 4.90 Å². The highest BCUT2D eigenvalue weighted by atomic mass is 32.2. The van der Waals surface area contributed by atoms with E-state index in [0.29, 0.717) is 0 Å². The minimum atomic E-state index is -4.05. The quantitative estimate of drug-likeness (QED) is 0.630. The van der Waals surface area contributed by atoms with Gasteiger partial charge in [-0.15, -0.1) is 0 Å². The van der Waals surface area contributed by atoms with Crippen LogP contribution in [-0.4, -0.2) is 17.6 Å². The molecular weight excluding hydrogens is 284 g/mol. The van der Waals surface area contributed by atoms with Gasteiger partial charge in [0.2, 0.25) is 5.75 Å². The first-order chi connectivity index (χ1) is 9.34. The van der Waals surface area contributed by atoms with Crippen LogP contribution in [0.3, 0.4) is 0 Å². The summed E-state index contributed by atoms with van der Waals surface area (Å²) in [4.78, 5) is 23.9. The Morgan fingerprint density at radius 1 is 1.05 bits per heavy atom. The highest BCUT2D eigenvalue weighted by Crippen LogP contribution is 2.37. The van der Waals surface area contributed by atoms with Crippen molar-refractivity contribution in [2.75, 3.05) is 0 Å². The van der Waals surface area contributed by atoms with Crippen LogP contribution in [0.5, 0.6) is 5.75 Å². The van der Waals surface area contributed by atoms with Crippen LogP contribution in [-0.2, 0) is 24.2 Å². The third-order valence-electron chi connectivity index (χ3n) is 3.23. The zero-order valence-corrected chi connectivity index (χ0v) is 11.5. The lowest BCUT2D eigenvalue weighted by Gasteiger charge is -2.21. The topological polar surface area (TPSA) is 87.4 Å². The second-order valence-corrected chi connectivity index (χ2v) is 5.93. The molecule has 1 aliphatic heterocycles. The van der Waals surface area contributed by atoms with E-state index in [1.54, 1.807) is 12.1 Å². The van der Waals surface area contributed by atoms with Gasteiger partial charge in [-0.1, -0.05) is 18.2 Å². The van der Waals surface area contributed by atoms with Crippen molar-refractivity contribution in [3.63, 3.8) is 0 Å². The van der Waals surface area contributed by atoms with E-state index < -0.39 is 21.4 Å². The Hall–Kier alpha value is -2.35. The first-order valence-electron chi connectivity index (χ1n) is 5.68. The Morgan fingerprint density at radius 3 is 2.40 bits per heavy atom. The van der Waals surface area contributed by atoms with Crippen LogP contribution in [0.4, 0.5) is 0 Å². The summed E-state index contributed by atoms with van der Waals surface area (Å²) < 4.78 is 31.0. The van der Waals surface area contributed by atoms with Gasteiger partial charge in [-0.25, -0.2) is 4.79 Å². The third kappa shape index (κ3) is 1.48. The van der Waals surface area contributed by atoms with Gasteiger partial charge in [0.05, 0.1) is 0 Å². The van der Waals surface area contributed by atoms with Gasteiger partial charge in [0.15, 0.2) is 0 Å². The lowest BCUT2D eigenvalue weighted by molar-refractivity contribution is 0.468. The maximum atomic E-state index is 12.0. The standard InChI is InChI=1S/C12H10N2O5S/c1-13-9-7-5-3-4-6-8(7)20(17,18)19-10(9)11(15)14(2)12(13)16/h3-6H,1-2H3. The predicted molar refractivity (Wildman–Crippen MR) is 70.2 cm³/mol. The van der Waals surface area contributed by atoms with Gasteiger partial charge in [-0.05, 0) is 6.07 Å². The molecule has 3 rings (SSSR count). The van der Waals surface area contributed by atoms with Gasteiger partial charge in [0.1, 0.15) is 10.6 Å². The van der Waals surface area contributed by atoms with Crippen LogP contribution in [0.25, 0.3) is 11.3 Å². The molecule has 104 valence electrons. The van der Waals surface area contributed by atoms with E-state index in [9.17, 15) is 18.0 Å². The maximum absolute atomic E-state index is 12.0. The Labute approximate surface area is 113 Å². The molecule has 2 aromatic rings. The molecule has 0 bridgehead atoms. The van der Waals surface area contributed by atoms with E-state index in [2.05, 4.69) is 0 Å². The average molecular weight is 294 g/mol. The Bertz CT molecular complexity index is 953. The molecule has 1 aliphatic rings. The molecule has 7 nitrogen and oxygen atoms in total. The van der Waals surface area contributed by atoms with Crippen molar-refractivity contribution in [3.8, 4) is 17.0 Å². The minimum Gasteiger partial charge on any atom is -0.371 e. The van der Waals surface area contributed by atoms with Crippen LogP contribution in [0.1, 0.15) is 0 Å². The first-order valence-corrected chi connectivity index (χ1v) is 7.09. The van der Waals surface area contributed by atoms with Gasteiger partial charge >= 0.3 is 21.4 Å². The van der Waals surface area contributed by atoms with E-state index >= 15 is 0 Å². The fraction of sp³-hybridized carbons (Fsp3) is 0.167. The van der Waals surface area contributed by atoms with Crippen LogP contribution in [0.15, 0.2) is 38.8 Å². The van der Waals surface area contributed by atoms with Crippen molar-refractivity contribution >= 4 is 10.1 Å². The van der Waals surface area contributed by atoms with Crippen molar-refractivity contribution < 1.29 is 12.6 Å². The molecule has 0 atom stereocenters. The summed E-state index contributed by atoms with van der Waals surface area (Å²) >= 11 is 0. The summed E-state index contributed by atoms with van der Waals surface area (Å²) in [6, 6.07) is 6.08. The molecule has 1 aromatic carbocycles. The fourth-order valence-corrected chi connectivity index (χ4v) is 3.37. The average Bonchev–Trinajstić information content (AvgIpc) is 2.42. The van der Waals surface area contributed by atoms with Crippen LogP contribution in [0, 0.1) is 0 Å². The monoisotopic (exact) mass is 294 g/mol. The molecule has 0 amide bonds. The molecule has 20 heavy (non-hydrogen) atoms. The molecule has 0 N–H and O–H groups in total. The molecule has 0 saturated heterocycles. The first kappa shape index (κ1) is 12.7. The Morgan fingerprint density at radius 2 is 1.70 bits per heavy atom. The summed E-state index contributed by atoms with van der Waals surface area (Å²) in [5.74, 6) is -0.353. The smallest absolute Gasteiger partial charge is 0.340 e. The molecule has 1 aromatic heterocycles. The number of fused-ring (bicyclic) bond motifs is 3. The molecular formula is C12H10N2O5S. The van der Waals surface area contributed by atoms with E-state index in [1.165, 1.54) is 30.8 Å². The van der Waals surface area contributed by atoms with Gasteiger partial charge < -0.3 is 4.18 Å². The summed E-state index contributed by atoms with van der Waals surface area (Å²) in [5.41, 5.74) is -0.873. The Balaban J connectivity index is 2.59. The van der Waals surface area contributed by atoms with Gasteiger partial charge in [-0.2, -0.15) is 8.42 Å². The number of benzene rings is 1. The minimum absolute atomic E-state index is 0.0595. The largest absolute Gasteiger partial charge is 0.371 e. The second-order valence-electron chi connectivity index (χ2n) is 4.42. The highest BCUT2D eigenvalue weighted by Gasteiger charge is 2.34. The molecule has 0 unspecified atom stereocenters. The van der Waals surface area contributed by atoms with Gasteiger partial charge in [-0.3, -0.25) is 13.9 Å². The zero-order valence-electron chi connectivity index (χ0n) is 10.7. The summed E-state index contributed by atoms with van der Waals surface area (Å²) in [7, 11) is -1.33. The summed E-state index contributed by atoms with van der Waals surface area (Å²) in [6.45, 7) is 0. The van der Waals surface area contributed by atoms with Gasteiger partial charge in [0.25, 0.3) is 0 Å². The van der Waals surface area contributed by atoms with Crippen LogP contribution in [0.2, 0.25) is 0 Å². The van der Waals surface area contributed by atoms with Crippen molar-refractivity contribution in [2.24, 2.45) is 14.1 Å². The SMILES string of the molecule is Cn1c2c(c(=O)n(C)c1=O)OS(=O)(=O)c1ccccc1-2. The van der Waals surface area contributed by atoms with Crippen molar-refractivity contribution in [1.82, 2.24) is 9.13 Å². The molecule has 0 spiro atoms. The van der Waals surface area contributed by atoms with Gasteiger partial charge in [0, 0.05) is 19.7 Å². The highest BCUT2D eigenvalue weighted by molar-refractivity contribution is 7.87. The van der Waals surface area contributed by atoms with Crippen LogP contribution >= 0.6 is 0 Å². The van der Waals surface area contributed by atoms with E-state index in [0.717, 1.165) is 4.57 Å². The molecule has 0 aliphatic carbocycles. The molecule has 0 saturated carbocycles. The molecule has 2 heterocycles. The maximum Gasteiger partial charge on any atom is 0.340 e. The normalized spacial score (nSPS) is 15.1. The van der Waals surface area contributed by atoms with E-state index in [-0.39, 0.29) is 21.9 Å². The molecule has 0 radical (unpaired) electrons. The lowest BCUT2D eigenvalue weighted by atomic mass is 10.1. The number of hydrogen-bond acceptors (Lipinski definition) is 5. The zero-order chi connectivity index (χ0) is 14.7.